The third-order valence-electron chi connectivity index (χ3n) is 1.70. The second-order valence-electron chi connectivity index (χ2n) is 2.71. The lowest BCUT2D eigenvalue weighted by Gasteiger charge is -2.15. The first-order valence-corrected chi connectivity index (χ1v) is 4.24. The molecule has 1 aromatic rings. The van der Waals surface area contributed by atoms with Gasteiger partial charge in [0.1, 0.15) is 0 Å². The van der Waals surface area contributed by atoms with E-state index in [4.69, 9.17) is 27.5 Å². The van der Waals surface area contributed by atoms with Crippen LogP contribution in [0.2, 0.25) is 5.02 Å². The van der Waals surface area contributed by atoms with Gasteiger partial charge in [-0.2, -0.15) is 5.06 Å². The van der Waals surface area contributed by atoms with Gasteiger partial charge in [-0.15, -0.1) is 4.94 Å². The molecule has 0 aliphatic carbocycles. The minimum Gasteiger partial charge on any atom is -0.380 e. The van der Waals surface area contributed by atoms with Crippen molar-refractivity contribution in [3.8, 4) is 0 Å². The number of nitrogens with zero attached hydrogens (tertiary/aromatic N) is 2. The maximum Gasteiger partial charge on any atom is 0.176 e. The van der Waals surface area contributed by atoms with Gasteiger partial charge in [0.05, 0.1) is 11.9 Å². The van der Waals surface area contributed by atoms with Gasteiger partial charge in [-0.25, -0.2) is 0 Å². The van der Waals surface area contributed by atoms with Gasteiger partial charge in [-0.3, -0.25) is 5.21 Å². The fourth-order valence-electron chi connectivity index (χ4n) is 1.06. The molecule has 6 heteroatoms. The summed E-state index contributed by atoms with van der Waals surface area (Å²) >= 11 is 5.79. The molecule has 5 nitrogen and oxygen atoms in total. The molecule has 14 heavy (non-hydrogen) atoms. The normalized spacial score (nSPS) is 16.0. The third kappa shape index (κ3) is 1.60. The van der Waals surface area contributed by atoms with Crippen molar-refractivity contribution in [1.29, 1.82) is 0 Å². The van der Waals surface area contributed by atoms with Crippen LogP contribution in [0.3, 0.4) is 0 Å². The zero-order chi connectivity index (χ0) is 10.1. The van der Waals surface area contributed by atoms with Gasteiger partial charge in [-0.1, -0.05) is 22.9 Å². The Bertz CT molecular complexity index is 383. The largest absolute Gasteiger partial charge is 0.380 e. The summed E-state index contributed by atoms with van der Waals surface area (Å²) in [5.41, 5.74) is 6.06. The summed E-state index contributed by atoms with van der Waals surface area (Å²) in [6.07, 6.45) is 1.44. The molecule has 0 radical (unpaired) electrons. The zero-order valence-electron chi connectivity index (χ0n) is 7.09. The zero-order valence-corrected chi connectivity index (χ0v) is 7.85. The minimum absolute atomic E-state index is 0.102. The maximum atomic E-state index is 9.04. The van der Waals surface area contributed by atoms with Crippen LogP contribution in [0.5, 0.6) is 0 Å². The summed E-state index contributed by atoms with van der Waals surface area (Å²) in [4.78, 5) is 4.86. The van der Waals surface area contributed by atoms with Crippen LogP contribution in [0.25, 0.3) is 0 Å². The van der Waals surface area contributed by atoms with E-state index in [1.807, 2.05) is 0 Å². The predicted octanol–water partition coefficient (Wildman–Crippen LogP) is 1.46. The lowest BCUT2D eigenvalue weighted by Crippen LogP contribution is -2.22. The smallest absolute Gasteiger partial charge is 0.176 e. The van der Waals surface area contributed by atoms with Crippen LogP contribution in [-0.4, -0.2) is 10.4 Å². The third-order valence-corrected chi connectivity index (χ3v) is 1.93. The van der Waals surface area contributed by atoms with E-state index >= 15 is 0 Å². The minimum atomic E-state index is 0.102. The predicted molar refractivity (Wildman–Crippen MR) is 50.9 cm³/mol. The van der Waals surface area contributed by atoms with Crippen molar-refractivity contribution >= 4 is 17.3 Å². The fraction of sp³-hybridized carbons (Fsp3) is 0. The highest BCUT2D eigenvalue weighted by Gasteiger charge is 2.19. The highest BCUT2D eigenvalue weighted by atomic mass is 35.5. The van der Waals surface area contributed by atoms with E-state index in [-0.39, 0.29) is 5.82 Å². The number of hydrogen-bond donors (Lipinski definition) is 2. The van der Waals surface area contributed by atoms with Gasteiger partial charge in [0, 0.05) is 5.02 Å². The van der Waals surface area contributed by atoms with E-state index < -0.39 is 0 Å². The Kier molecular flexibility index (Phi) is 2.20. The number of halogens is 1. The Morgan fingerprint density at radius 3 is 2.79 bits per heavy atom. The van der Waals surface area contributed by atoms with Gasteiger partial charge in [0.15, 0.2) is 5.82 Å². The second-order valence-corrected chi connectivity index (χ2v) is 3.15. The highest BCUT2D eigenvalue weighted by molar-refractivity contribution is 6.30. The molecule has 0 fully saturated rings. The monoisotopic (exact) mass is 213 g/mol. The first-order valence-electron chi connectivity index (χ1n) is 3.86. The molecule has 0 spiro atoms. The highest BCUT2D eigenvalue weighted by Crippen LogP contribution is 2.23. The van der Waals surface area contributed by atoms with Crippen LogP contribution in [0.15, 0.2) is 36.3 Å². The Hall–Kier alpha value is -1.43. The number of anilines is 1. The Balaban J connectivity index is 2.26. The fourth-order valence-corrected chi connectivity index (χ4v) is 1.24. The Labute approximate surface area is 85.4 Å². The number of benzene rings is 1. The van der Waals surface area contributed by atoms with Crippen LogP contribution < -0.4 is 10.8 Å². The SMILES string of the molecule is NC1=CN(c2cccc(Cl)c2)ON1O. The maximum absolute atomic E-state index is 9.04. The summed E-state index contributed by atoms with van der Waals surface area (Å²) in [6.45, 7) is 0. The summed E-state index contributed by atoms with van der Waals surface area (Å²) in [7, 11) is 0. The molecule has 0 aromatic heterocycles. The standard InChI is InChI=1S/C8H8ClN3O2/c9-6-2-1-3-7(4-6)11-5-8(10)12(13)14-11/h1-5,13H,10H2. The van der Waals surface area contributed by atoms with Gasteiger partial charge in [0.25, 0.3) is 0 Å². The van der Waals surface area contributed by atoms with E-state index in [2.05, 4.69) is 0 Å². The van der Waals surface area contributed by atoms with Gasteiger partial charge in [-0.05, 0) is 18.2 Å². The van der Waals surface area contributed by atoms with Crippen molar-refractivity contribution in [2.24, 2.45) is 5.73 Å². The van der Waals surface area contributed by atoms with Crippen LogP contribution in [0.1, 0.15) is 0 Å². The molecule has 1 aromatic carbocycles. The molecule has 0 bridgehead atoms. The molecular weight excluding hydrogens is 206 g/mol. The summed E-state index contributed by atoms with van der Waals surface area (Å²) in [5.74, 6) is 0.102. The van der Waals surface area contributed by atoms with E-state index in [0.717, 1.165) is 0 Å². The molecule has 0 amide bonds. The van der Waals surface area contributed by atoms with E-state index in [0.29, 0.717) is 15.9 Å². The summed E-state index contributed by atoms with van der Waals surface area (Å²) < 4.78 is 0. The van der Waals surface area contributed by atoms with Crippen LogP contribution in [0.4, 0.5) is 5.69 Å². The Morgan fingerprint density at radius 2 is 2.21 bits per heavy atom. The molecule has 2 rings (SSSR count). The van der Waals surface area contributed by atoms with E-state index in [1.165, 1.54) is 11.3 Å². The molecule has 3 N–H and O–H groups in total. The van der Waals surface area contributed by atoms with Gasteiger partial charge >= 0.3 is 0 Å². The van der Waals surface area contributed by atoms with Gasteiger partial charge in [0.2, 0.25) is 0 Å². The van der Waals surface area contributed by atoms with Crippen molar-refractivity contribution < 1.29 is 10.1 Å². The van der Waals surface area contributed by atoms with Crippen LogP contribution in [-0.2, 0) is 4.94 Å². The molecule has 1 heterocycles. The van der Waals surface area contributed by atoms with Crippen LogP contribution >= 0.6 is 11.6 Å². The molecule has 1 aliphatic heterocycles. The first-order chi connectivity index (χ1) is 6.66. The molecule has 0 unspecified atom stereocenters. The summed E-state index contributed by atoms with van der Waals surface area (Å²) in [6, 6.07) is 6.97. The van der Waals surface area contributed by atoms with Crippen molar-refractivity contribution in [3.63, 3.8) is 0 Å². The van der Waals surface area contributed by atoms with Crippen molar-refractivity contribution in [3.05, 3.63) is 41.3 Å². The topological polar surface area (TPSA) is 62.0 Å². The number of hydroxylamine groups is 3. The number of nitrogens with two attached hydrogens (primary N) is 1. The van der Waals surface area contributed by atoms with Gasteiger partial charge < -0.3 is 5.73 Å². The second kappa shape index (κ2) is 3.38. The summed E-state index contributed by atoms with van der Waals surface area (Å²) in [5, 5.41) is 11.4. The van der Waals surface area contributed by atoms with Crippen molar-refractivity contribution in [1.82, 2.24) is 5.23 Å². The van der Waals surface area contributed by atoms with E-state index in [9.17, 15) is 0 Å². The van der Waals surface area contributed by atoms with Crippen LogP contribution in [0, 0.1) is 0 Å². The molecule has 74 valence electrons. The van der Waals surface area contributed by atoms with E-state index in [1.54, 1.807) is 24.3 Å². The average Bonchev–Trinajstić information content (AvgIpc) is 2.47. The average molecular weight is 214 g/mol. The lowest BCUT2D eigenvalue weighted by atomic mass is 10.3. The number of rotatable bonds is 1. The van der Waals surface area contributed by atoms with Crippen molar-refractivity contribution in [2.75, 3.05) is 5.06 Å². The Morgan fingerprint density at radius 1 is 1.43 bits per heavy atom. The quantitative estimate of drug-likeness (QED) is 0.740. The molecule has 0 atom stereocenters. The number of hydrogen-bond acceptors (Lipinski definition) is 5. The first kappa shape index (κ1) is 9.14. The molecule has 1 aliphatic rings. The molecule has 0 saturated heterocycles. The molecular formula is C8H8ClN3O2. The lowest BCUT2D eigenvalue weighted by molar-refractivity contribution is -0.304. The molecule has 0 saturated carbocycles. The van der Waals surface area contributed by atoms with Crippen molar-refractivity contribution in [2.45, 2.75) is 0 Å².